The van der Waals surface area contributed by atoms with Crippen molar-refractivity contribution in [1.82, 2.24) is 25.3 Å². The van der Waals surface area contributed by atoms with Gasteiger partial charge in [-0.05, 0) is 26.3 Å². The number of aryl methyl sites for hydroxylation is 1. The highest BCUT2D eigenvalue weighted by molar-refractivity contribution is 14.0. The minimum Gasteiger partial charge on any atom is -0.357 e. The highest BCUT2D eigenvalue weighted by atomic mass is 127. The van der Waals surface area contributed by atoms with Crippen molar-refractivity contribution in [3.8, 4) is 0 Å². The van der Waals surface area contributed by atoms with E-state index >= 15 is 0 Å². The number of aromatic nitrogens is 2. The molecule has 0 saturated carbocycles. The lowest BCUT2D eigenvalue weighted by Gasteiger charge is -2.40. The minimum absolute atomic E-state index is 0. The van der Waals surface area contributed by atoms with Crippen molar-refractivity contribution >= 4 is 29.9 Å². The van der Waals surface area contributed by atoms with Crippen LogP contribution in [0.3, 0.4) is 0 Å². The van der Waals surface area contributed by atoms with Crippen LogP contribution in [0, 0.1) is 18.6 Å². The first kappa shape index (κ1) is 24.4. The smallest absolute Gasteiger partial charge is 0.248 e. The summed E-state index contributed by atoms with van der Waals surface area (Å²) < 4.78 is 32.7. The Bertz CT molecular complexity index is 838. The molecule has 1 N–H and O–H groups in total. The Morgan fingerprint density at radius 3 is 2.53 bits per heavy atom. The van der Waals surface area contributed by atoms with Crippen molar-refractivity contribution in [3.63, 3.8) is 0 Å². The molecule has 10 heteroatoms. The number of aliphatic imine (C=N–C) groups is 1. The molecule has 0 bridgehead atoms. The molecule has 1 unspecified atom stereocenters. The van der Waals surface area contributed by atoms with Gasteiger partial charge in [0.2, 0.25) is 5.89 Å². The molecule has 1 atom stereocenters. The summed E-state index contributed by atoms with van der Waals surface area (Å²) in [4.78, 5) is 13.2. The van der Waals surface area contributed by atoms with E-state index in [1.807, 2.05) is 13.8 Å². The maximum absolute atomic E-state index is 14.3. The van der Waals surface area contributed by atoms with Crippen LogP contribution in [0.25, 0.3) is 0 Å². The van der Waals surface area contributed by atoms with Gasteiger partial charge < -0.3 is 14.7 Å². The van der Waals surface area contributed by atoms with E-state index in [9.17, 15) is 8.78 Å². The van der Waals surface area contributed by atoms with Gasteiger partial charge >= 0.3 is 0 Å². The van der Waals surface area contributed by atoms with E-state index in [0.717, 1.165) is 51.2 Å². The van der Waals surface area contributed by atoms with E-state index in [-0.39, 0.29) is 30.0 Å². The van der Waals surface area contributed by atoms with E-state index < -0.39 is 11.6 Å². The molecule has 1 aliphatic rings. The molecule has 1 aromatic heterocycles. The van der Waals surface area contributed by atoms with Crippen LogP contribution in [0.5, 0.6) is 0 Å². The number of rotatable bonds is 6. The molecule has 0 aliphatic carbocycles. The number of piperazine rings is 1. The van der Waals surface area contributed by atoms with Gasteiger partial charge in [0.25, 0.3) is 0 Å². The standard InChI is InChI=1S/C20H28F2N6O.HI/c1-4-18(16-7-6-15(21)12-17(16)22)27-8-10-28(11-9-27)20(23-5-2)24-13-19-25-14(3)26-29-19;/h6-7,12,18H,4-5,8-11,13H2,1-3H3,(H,23,24);1H. The number of benzene rings is 1. The van der Waals surface area contributed by atoms with Gasteiger partial charge in [0.15, 0.2) is 11.8 Å². The highest BCUT2D eigenvalue weighted by Crippen LogP contribution is 2.28. The van der Waals surface area contributed by atoms with Gasteiger partial charge in [-0.3, -0.25) is 4.90 Å². The molecule has 2 heterocycles. The SMILES string of the molecule is CCNC(=NCc1nc(C)no1)N1CCN(C(CC)c2ccc(F)cc2F)CC1.I. The fourth-order valence-corrected chi connectivity index (χ4v) is 3.66. The van der Waals surface area contributed by atoms with Crippen molar-refractivity contribution in [2.24, 2.45) is 4.99 Å². The third-order valence-electron chi connectivity index (χ3n) is 5.03. The first-order chi connectivity index (χ1) is 14.0. The normalized spacial score (nSPS) is 16.3. The van der Waals surface area contributed by atoms with E-state index in [1.54, 1.807) is 13.0 Å². The van der Waals surface area contributed by atoms with Gasteiger partial charge in [-0.25, -0.2) is 13.8 Å². The van der Waals surface area contributed by atoms with E-state index in [1.165, 1.54) is 6.07 Å². The van der Waals surface area contributed by atoms with Gasteiger partial charge in [-0.2, -0.15) is 4.98 Å². The predicted molar refractivity (Wildman–Crippen MR) is 122 cm³/mol. The fraction of sp³-hybridized carbons (Fsp3) is 0.550. The van der Waals surface area contributed by atoms with E-state index in [2.05, 4.69) is 30.2 Å². The summed E-state index contributed by atoms with van der Waals surface area (Å²) in [5.74, 6) is 0.837. The van der Waals surface area contributed by atoms with Gasteiger partial charge in [0.1, 0.15) is 18.2 Å². The Morgan fingerprint density at radius 1 is 1.23 bits per heavy atom. The first-order valence-corrected chi connectivity index (χ1v) is 10.0. The number of guanidine groups is 1. The van der Waals surface area contributed by atoms with E-state index in [0.29, 0.717) is 23.8 Å². The largest absolute Gasteiger partial charge is 0.357 e. The zero-order chi connectivity index (χ0) is 20.8. The number of halogens is 3. The maximum atomic E-state index is 14.3. The number of nitrogens with zero attached hydrogens (tertiary/aromatic N) is 5. The Hall–Kier alpha value is -1.82. The second-order valence-electron chi connectivity index (χ2n) is 7.02. The van der Waals surface area contributed by atoms with Crippen LogP contribution in [-0.2, 0) is 6.54 Å². The molecule has 7 nitrogen and oxygen atoms in total. The summed E-state index contributed by atoms with van der Waals surface area (Å²) in [7, 11) is 0. The minimum atomic E-state index is -0.547. The van der Waals surface area contributed by atoms with Crippen LogP contribution in [-0.4, -0.2) is 58.6 Å². The molecule has 1 fully saturated rings. The lowest BCUT2D eigenvalue weighted by Crippen LogP contribution is -2.53. The molecule has 30 heavy (non-hydrogen) atoms. The third-order valence-corrected chi connectivity index (χ3v) is 5.03. The van der Waals surface area contributed by atoms with Crippen molar-refractivity contribution in [3.05, 3.63) is 47.1 Å². The van der Waals surface area contributed by atoms with Crippen molar-refractivity contribution in [2.75, 3.05) is 32.7 Å². The summed E-state index contributed by atoms with van der Waals surface area (Å²) >= 11 is 0. The summed E-state index contributed by atoms with van der Waals surface area (Å²) in [6.45, 7) is 9.93. The van der Waals surface area contributed by atoms with Crippen LogP contribution in [0.2, 0.25) is 0 Å². The lowest BCUT2D eigenvalue weighted by atomic mass is 10.0. The van der Waals surface area contributed by atoms with Crippen LogP contribution >= 0.6 is 24.0 Å². The number of nitrogens with one attached hydrogen (secondary N) is 1. The molecule has 0 amide bonds. The molecule has 3 rings (SSSR count). The van der Waals surface area contributed by atoms with Gasteiger partial charge in [-0.15, -0.1) is 24.0 Å². The summed E-state index contributed by atoms with van der Waals surface area (Å²) in [6, 6.07) is 3.78. The Kier molecular flexibility index (Phi) is 9.40. The van der Waals surface area contributed by atoms with Crippen LogP contribution in [0.1, 0.15) is 43.6 Å². The monoisotopic (exact) mass is 534 g/mol. The summed E-state index contributed by atoms with van der Waals surface area (Å²) in [6.07, 6.45) is 0.757. The Morgan fingerprint density at radius 2 is 1.97 bits per heavy atom. The van der Waals surface area contributed by atoms with Crippen molar-refractivity contribution in [2.45, 2.75) is 39.8 Å². The Balaban J connectivity index is 0.00000320. The Labute approximate surface area is 192 Å². The average molecular weight is 534 g/mol. The second-order valence-corrected chi connectivity index (χ2v) is 7.02. The van der Waals surface area contributed by atoms with Crippen molar-refractivity contribution in [1.29, 1.82) is 0 Å². The highest BCUT2D eigenvalue weighted by Gasteiger charge is 2.27. The number of hydrogen-bond acceptors (Lipinski definition) is 5. The molecule has 0 spiro atoms. The average Bonchev–Trinajstić information content (AvgIpc) is 3.13. The van der Waals surface area contributed by atoms with Gasteiger partial charge in [0, 0.05) is 50.4 Å². The molecular weight excluding hydrogens is 505 g/mol. The molecule has 2 aromatic rings. The molecule has 1 aromatic carbocycles. The quantitative estimate of drug-likeness (QED) is 0.348. The molecular formula is C20H29F2IN6O. The van der Waals surface area contributed by atoms with Gasteiger partial charge in [0.05, 0.1) is 0 Å². The molecule has 1 aliphatic heterocycles. The third kappa shape index (κ3) is 6.10. The van der Waals surface area contributed by atoms with Crippen molar-refractivity contribution < 1.29 is 13.3 Å². The predicted octanol–water partition coefficient (Wildman–Crippen LogP) is 3.51. The van der Waals surface area contributed by atoms with Crippen LogP contribution in [0.4, 0.5) is 8.78 Å². The second kappa shape index (κ2) is 11.5. The zero-order valence-electron chi connectivity index (χ0n) is 17.6. The fourth-order valence-electron chi connectivity index (χ4n) is 3.66. The molecule has 0 radical (unpaired) electrons. The van der Waals surface area contributed by atoms with Crippen LogP contribution in [0.15, 0.2) is 27.7 Å². The lowest BCUT2D eigenvalue weighted by molar-refractivity contribution is 0.124. The maximum Gasteiger partial charge on any atom is 0.248 e. The number of hydrogen-bond donors (Lipinski definition) is 1. The zero-order valence-corrected chi connectivity index (χ0v) is 19.9. The van der Waals surface area contributed by atoms with Gasteiger partial charge in [-0.1, -0.05) is 18.1 Å². The van der Waals surface area contributed by atoms with Crippen LogP contribution < -0.4 is 5.32 Å². The van der Waals surface area contributed by atoms with E-state index in [4.69, 9.17) is 4.52 Å². The molecule has 166 valence electrons. The summed E-state index contributed by atoms with van der Waals surface area (Å²) in [5.41, 5.74) is 0.551. The summed E-state index contributed by atoms with van der Waals surface area (Å²) in [5, 5.41) is 7.08. The topological polar surface area (TPSA) is 69.8 Å². The molecule has 1 saturated heterocycles. The first-order valence-electron chi connectivity index (χ1n) is 10.0.